The van der Waals surface area contributed by atoms with Crippen LogP contribution in [0.15, 0.2) is 4.99 Å². The van der Waals surface area contributed by atoms with Crippen molar-refractivity contribution in [3.05, 3.63) is 15.6 Å². The number of nitrogens with one attached hydrogen (secondary N) is 2. The fraction of sp³-hybridized carbons (Fsp3) is 0.688. The minimum absolute atomic E-state index is 0.0332. The Morgan fingerprint density at radius 1 is 1.42 bits per heavy atom. The number of guanidine groups is 1. The van der Waals surface area contributed by atoms with Crippen LogP contribution in [0, 0.1) is 13.8 Å². The molecule has 1 amide bonds. The number of rotatable bonds is 6. The third-order valence-electron chi connectivity index (χ3n) is 3.87. The maximum atomic E-state index is 11.8. The lowest BCUT2D eigenvalue weighted by molar-refractivity contribution is -0.127. The highest BCUT2D eigenvalue weighted by Gasteiger charge is 2.16. The van der Waals surface area contributed by atoms with Crippen molar-refractivity contribution in [3.8, 4) is 0 Å². The van der Waals surface area contributed by atoms with Crippen molar-refractivity contribution in [1.82, 2.24) is 20.5 Å². The number of aliphatic imine (C=N–C) groups is 1. The molecule has 1 aliphatic rings. The van der Waals surface area contributed by atoms with Gasteiger partial charge in [0.25, 0.3) is 0 Å². The molecule has 7 nitrogen and oxygen atoms in total. The standard InChI is InChI=1S/C16H27N5O2S/c1-11-12(2)24-14(20-11)9-18-16(19-10-15(22)21(3)4)17-8-13-6-5-7-23-13/h13H,5-10H2,1-4H3,(H2,17,18,19). The first-order valence-corrected chi connectivity index (χ1v) is 9.04. The van der Waals surface area contributed by atoms with Crippen LogP contribution in [0.5, 0.6) is 0 Å². The summed E-state index contributed by atoms with van der Waals surface area (Å²) >= 11 is 1.67. The summed E-state index contributed by atoms with van der Waals surface area (Å²) in [5.41, 5.74) is 1.06. The average Bonchev–Trinajstić information content (AvgIpc) is 3.16. The quantitative estimate of drug-likeness (QED) is 0.591. The fourth-order valence-corrected chi connectivity index (χ4v) is 3.13. The molecule has 1 atom stereocenters. The van der Waals surface area contributed by atoms with Gasteiger partial charge in [-0.15, -0.1) is 11.3 Å². The Bertz CT molecular complexity index is 560. The maximum absolute atomic E-state index is 11.8. The van der Waals surface area contributed by atoms with Gasteiger partial charge < -0.3 is 20.3 Å². The van der Waals surface area contributed by atoms with Crippen LogP contribution in [-0.2, 0) is 16.1 Å². The van der Waals surface area contributed by atoms with Gasteiger partial charge in [-0.3, -0.25) is 4.79 Å². The van der Waals surface area contributed by atoms with Gasteiger partial charge in [0, 0.05) is 32.1 Å². The second kappa shape index (κ2) is 8.98. The number of ether oxygens (including phenoxy) is 1. The SMILES string of the molecule is Cc1nc(CNC(=NCC(=O)N(C)C)NCC2CCCO2)sc1C. The second-order valence-electron chi connectivity index (χ2n) is 6.07. The number of aromatic nitrogens is 1. The Kier molecular flexibility index (Phi) is 6.99. The summed E-state index contributed by atoms with van der Waals surface area (Å²) < 4.78 is 5.62. The van der Waals surface area contributed by atoms with Crippen LogP contribution in [-0.4, -0.2) is 61.6 Å². The molecular formula is C16H27N5O2S. The van der Waals surface area contributed by atoms with Crippen LogP contribution in [0.2, 0.25) is 0 Å². The molecule has 0 spiro atoms. The van der Waals surface area contributed by atoms with E-state index < -0.39 is 0 Å². The molecular weight excluding hydrogens is 326 g/mol. The van der Waals surface area contributed by atoms with Crippen LogP contribution in [0.3, 0.4) is 0 Å². The first-order chi connectivity index (χ1) is 11.5. The van der Waals surface area contributed by atoms with Crippen LogP contribution in [0.1, 0.15) is 28.4 Å². The van der Waals surface area contributed by atoms with E-state index in [1.165, 1.54) is 9.78 Å². The number of hydrogen-bond acceptors (Lipinski definition) is 5. The predicted molar refractivity (Wildman–Crippen MR) is 96.4 cm³/mol. The lowest BCUT2D eigenvalue weighted by Crippen LogP contribution is -2.41. The van der Waals surface area contributed by atoms with Crippen LogP contribution >= 0.6 is 11.3 Å². The first kappa shape index (κ1) is 18.7. The summed E-state index contributed by atoms with van der Waals surface area (Å²) in [5, 5.41) is 7.53. The largest absolute Gasteiger partial charge is 0.376 e. The predicted octanol–water partition coefficient (Wildman–Crippen LogP) is 1.06. The molecule has 8 heteroatoms. The zero-order valence-electron chi connectivity index (χ0n) is 14.9. The topological polar surface area (TPSA) is 78.9 Å². The monoisotopic (exact) mass is 353 g/mol. The highest BCUT2D eigenvalue weighted by atomic mass is 32.1. The Morgan fingerprint density at radius 3 is 2.79 bits per heavy atom. The Hall–Kier alpha value is -1.67. The van der Waals surface area contributed by atoms with Crippen molar-refractivity contribution >= 4 is 23.2 Å². The zero-order valence-corrected chi connectivity index (χ0v) is 15.7. The molecule has 1 fully saturated rings. The minimum atomic E-state index is -0.0332. The molecule has 2 heterocycles. The molecule has 2 N–H and O–H groups in total. The minimum Gasteiger partial charge on any atom is -0.376 e. The highest BCUT2D eigenvalue weighted by molar-refractivity contribution is 7.11. The zero-order chi connectivity index (χ0) is 17.5. The van der Waals surface area contributed by atoms with Gasteiger partial charge in [0.15, 0.2) is 5.96 Å². The maximum Gasteiger partial charge on any atom is 0.243 e. The molecule has 1 aliphatic heterocycles. The van der Waals surface area contributed by atoms with Crippen molar-refractivity contribution in [2.45, 2.75) is 39.3 Å². The van der Waals surface area contributed by atoms with Crippen molar-refractivity contribution in [2.75, 3.05) is 33.8 Å². The van der Waals surface area contributed by atoms with Crippen molar-refractivity contribution in [2.24, 2.45) is 4.99 Å². The number of carbonyl (C=O) groups excluding carboxylic acids is 1. The van der Waals surface area contributed by atoms with Gasteiger partial charge in [0.1, 0.15) is 11.6 Å². The molecule has 1 aromatic heterocycles. The molecule has 0 aliphatic carbocycles. The molecule has 0 saturated carbocycles. The highest BCUT2D eigenvalue weighted by Crippen LogP contribution is 2.16. The molecule has 2 rings (SSSR count). The lowest BCUT2D eigenvalue weighted by atomic mass is 10.2. The van der Waals surface area contributed by atoms with Gasteiger partial charge in [0.2, 0.25) is 5.91 Å². The lowest BCUT2D eigenvalue weighted by Gasteiger charge is -2.15. The number of nitrogens with zero attached hydrogens (tertiary/aromatic N) is 3. The average molecular weight is 353 g/mol. The molecule has 0 aromatic carbocycles. The molecule has 1 saturated heterocycles. The smallest absolute Gasteiger partial charge is 0.243 e. The summed E-state index contributed by atoms with van der Waals surface area (Å²) in [5.74, 6) is 0.584. The Labute approximate surface area is 147 Å². The van der Waals surface area contributed by atoms with Gasteiger partial charge in [-0.2, -0.15) is 0 Å². The number of amides is 1. The van der Waals surface area contributed by atoms with E-state index in [1.807, 2.05) is 6.92 Å². The fourth-order valence-electron chi connectivity index (χ4n) is 2.25. The van der Waals surface area contributed by atoms with Gasteiger partial charge in [-0.1, -0.05) is 0 Å². The molecule has 134 valence electrons. The van der Waals surface area contributed by atoms with Crippen molar-refractivity contribution in [3.63, 3.8) is 0 Å². The van der Waals surface area contributed by atoms with Gasteiger partial charge in [0.05, 0.1) is 18.3 Å². The molecule has 24 heavy (non-hydrogen) atoms. The van der Waals surface area contributed by atoms with Gasteiger partial charge in [-0.25, -0.2) is 9.98 Å². The Morgan fingerprint density at radius 2 is 2.21 bits per heavy atom. The summed E-state index contributed by atoms with van der Waals surface area (Å²) in [6.07, 6.45) is 2.37. The Balaban J connectivity index is 1.92. The third-order valence-corrected chi connectivity index (χ3v) is 4.95. The summed E-state index contributed by atoms with van der Waals surface area (Å²) in [4.78, 5) is 23.4. The number of hydrogen-bond donors (Lipinski definition) is 2. The molecule has 1 aromatic rings. The first-order valence-electron chi connectivity index (χ1n) is 8.22. The van der Waals surface area contributed by atoms with Crippen LogP contribution in [0.25, 0.3) is 0 Å². The van der Waals surface area contributed by atoms with E-state index in [1.54, 1.807) is 25.4 Å². The number of likely N-dealkylation sites (N-methyl/N-ethyl adjacent to an activating group) is 1. The van der Waals surface area contributed by atoms with E-state index >= 15 is 0 Å². The van der Waals surface area contributed by atoms with E-state index in [9.17, 15) is 4.79 Å². The van der Waals surface area contributed by atoms with Crippen molar-refractivity contribution < 1.29 is 9.53 Å². The number of thiazole rings is 1. The second-order valence-corrected chi connectivity index (χ2v) is 7.36. The van der Waals surface area contributed by atoms with Gasteiger partial charge in [-0.05, 0) is 26.7 Å². The van der Waals surface area contributed by atoms with E-state index in [2.05, 4.69) is 27.5 Å². The van der Waals surface area contributed by atoms with Crippen LogP contribution in [0.4, 0.5) is 0 Å². The molecule has 1 unspecified atom stereocenters. The normalized spacial score (nSPS) is 17.8. The summed E-state index contributed by atoms with van der Waals surface area (Å²) in [7, 11) is 3.46. The van der Waals surface area contributed by atoms with E-state index in [0.29, 0.717) is 19.0 Å². The summed E-state index contributed by atoms with van der Waals surface area (Å²) in [6, 6.07) is 0. The number of aryl methyl sites for hydroxylation is 2. The van der Waals surface area contributed by atoms with Crippen LogP contribution < -0.4 is 10.6 Å². The molecule has 0 bridgehead atoms. The number of carbonyl (C=O) groups is 1. The van der Waals surface area contributed by atoms with E-state index in [-0.39, 0.29) is 18.6 Å². The van der Waals surface area contributed by atoms with Crippen molar-refractivity contribution in [1.29, 1.82) is 0 Å². The third kappa shape index (κ3) is 5.76. The van der Waals surface area contributed by atoms with E-state index in [0.717, 1.165) is 30.2 Å². The molecule has 0 radical (unpaired) electrons. The van der Waals surface area contributed by atoms with Gasteiger partial charge >= 0.3 is 0 Å². The van der Waals surface area contributed by atoms with E-state index in [4.69, 9.17) is 4.74 Å². The summed E-state index contributed by atoms with van der Waals surface area (Å²) in [6.45, 7) is 6.30.